The van der Waals surface area contributed by atoms with Crippen molar-refractivity contribution in [3.63, 3.8) is 0 Å². The van der Waals surface area contributed by atoms with E-state index >= 15 is 0 Å². The maximum absolute atomic E-state index is 12.6. The number of likely N-dealkylation sites (N-methyl/N-ethyl adjacent to an activating group) is 1. The van der Waals surface area contributed by atoms with Crippen molar-refractivity contribution in [3.8, 4) is 5.75 Å². The molecule has 2 aromatic rings. The minimum Gasteiger partial charge on any atom is -0.497 e. The lowest BCUT2D eigenvalue weighted by atomic mass is 9.95. The van der Waals surface area contributed by atoms with Gasteiger partial charge in [-0.2, -0.15) is 0 Å². The number of ether oxygens (including phenoxy) is 1. The summed E-state index contributed by atoms with van der Waals surface area (Å²) in [6, 6.07) is 7.73. The number of amides is 1. The molecule has 0 spiro atoms. The van der Waals surface area contributed by atoms with E-state index in [0.717, 1.165) is 62.6 Å². The van der Waals surface area contributed by atoms with Crippen molar-refractivity contribution in [2.24, 2.45) is 0 Å². The smallest absolute Gasteiger partial charge is 0.226 e. The van der Waals surface area contributed by atoms with Gasteiger partial charge in [-0.25, -0.2) is 9.97 Å². The van der Waals surface area contributed by atoms with Gasteiger partial charge in [0.15, 0.2) is 0 Å². The van der Waals surface area contributed by atoms with Crippen molar-refractivity contribution in [1.82, 2.24) is 19.8 Å². The molecule has 0 aliphatic carbocycles. The molecular formula is C22H28N4O2. The molecule has 0 unspecified atom stereocenters. The van der Waals surface area contributed by atoms with E-state index in [2.05, 4.69) is 16.9 Å². The standard InChI is InChI=1S/C22H28N4O2/c1-25-10-9-20-18(15-25)14-23-22(24-20)17-7-11-26(12-8-17)21(27)13-16-3-5-19(28-2)6-4-16/h3-6,14,17H,7-13,15H2,1-2H3. The average molecular weight is 380 g/mol. The molecule has 1 aromatic carbocycles. The molecule has 1 aromatic heterocycles. The minimum absolute atomic E-state index is 0.193. The summed E-state index contributed by atoms with van der Waals surface area (Å²) in [4.78, 5) is 26.5. The maximum Gasteiger partial charge on any atom is 0.226 e. The molecule has 2 aliphatic heterocycles. The van der Waals surface area contributed by atoms with Crippen LogP contribution in [0.25, 0.3) is 0 Å². The number of fused-ring (bicyclic) bond motifs is 1. The number of nitrogens with zero attached hydrogens (tertiary/aromatic N) is 4. The van der Waals surface area contributed by atoms with Gasteiger partial charge >= 0.3 is 0 Å². The second kappa shape index (κ2) is 8.27. The molecular weight excluding hydrogens is 352 g/mol. The van der Waals surface area contributed by atoms with Crippen molar-refractivity contribution in [3.05, 3.63) is 53.1 Å². The van der Waals surface area contributed by atoms with Crippen molar-refractivity contribution in [2.75, 3.05) is 33.8 Å². The fourth-order valence-electron chi connectivity index (χ4n) is 4.09. The largest absolute Gasteiger partial charge is 0.497 e. The van der Waals surface area contributed by atoms with Crippen LogP contribution in [0.1, 0.15) is 41.4 Å². The number of aromatic nitrogens is 2. The van der Waals surface area contributed by atoms with Crippen LogP contribution in [0.15, 0.2) is 30.5 Å². The van der Waals surface area contributed by atoms with E-state index in [4.69, 9.17) is 9.72 Å². The number of hydrogen-bond acceptors (Lipinski definition) is 5. The molecule has 1 fully saturated rings. The molecule has 3 heterocycles. The van der Waals surface area contributed by atoms with E-state index in [-0.39, 0.29) is 5.91 Å². The summed E-state index contributed by atoms with van der Waals surface area (Å²) in [5.41, 5.74) is 3.49. The number of carbonyl (C=O) groups is 1. The Morgan fingerprint density at radius 3 is 2.64 bits per heavy atom. The molecule has 6 heteroatoms. The van der Waals surface area contributed by atoms with Crippen LogP contribution < -0.4 is 4.74 Å². The fourth-order valence-corrected chi connectivity index (χ4v) is 4.09. The molecule has 0 atom stereocenters. The Kier molecular flexibility index (Phi) is 5.57. The third-order valence-corrected chi connectivity index (χ3v) is 5.87. The van der Waals surface area contributed by atoms with E-state index in [0.29, 0.717) is 12.3 Å². The highest BCUT2D eigenvalue weighted by atomic mass is 16.5. The van der Waals surface area contributed by atoms with E-state index in [1.165, 1.54) is 11.3 Å². The highest BCUT2D eigenvalue weighted by molar-refractivity contribution is 5.78. The maximum atomic E-state index is 12.6. The number of carbonyl (C=O) groups excluding carboxylic acids is 1. The first kappa shape index (κ1) is 18.9. The topological polar surface area (TPSA) is 58.6 Å². The lowest BCUT2D eigenvalue weighted by molar-refractivity contribution is -0.131. The van der Waals surface area contributed by atoms with Gasteiger partial charge in [-0.1, -0.05) is 12.1 Å². The lowest BCUT2D eigenvalue weighted by Crippen LogP contribution is -2.39. The number of piperidine rings is 1. The van der Waals surface area contributed by atoms with Gasteiger partial charge in [0.25, 0.3) is 0 Å². The lowest BCUT2D eigenvalue weighted by Gasteiger charge is -2.32. The number of likely N-dealkylation sites (tertiary alicyclic amines) is 1. The summed E-state index contributed by atoms with van der Waals surface area (Å²) >= 11 is 0. The van der Waals surface area contributed by atoms with E-state index in [1.54, 1.807) is 7.11 Å². The number of hydrogen-bond donors (Lipinski definition) is 0. The third kappa shape index (κ3) is 4.17. The normalized spacial score (nSPS) is 18.0. The molecule has 148 valence electrons. The van der Waals surface area contributed by atoms with Crippen LogP contribution in [-0.4, -0.2) is 59.5 Å². The Labute approximate surface area is 166 Å². The quantitative estimate of drug-likeness (QED) is 0.815. The van der Waals surface area contributed by atoms with Gasteiger partial charge in [0.2, 0.25) is 5.91 Å². The average Bonchev–Trinajstić information content (AvgIpc) is 2.74. The summed E-state index contributed by atoms with van der Waals surface area (Å²) in [6.45, 7) is 3.56. The Morgan fingerprint density at radius 1 is 1.18 bits per heavy atom. The van der Waals surface area contributed by atoms with E-state index in [1.807, 2.05) is 35.4 Å². The van der Waals surface area contributed by atoms with Gasteiger partial charge in [0.1, 0.15) is 11.6 Å². The van der Waals surface area contributed by atoms with Crippen LogP contribution >= 0.6 is 0 Å². The van der Waals surface area contributed by atoms with Crippen LogP contribution in [0.4, 0.5) is 0 Å². The van der Waals surface area contributed by atoms with Crippen molar-refractivity contribution < 1.29 is 9.53 Å². The van der Waals surface area contributed by atoms with E-state index < -0.39 is 0 Å². The van der Waals surface area contributed by atoms with Crippen LogP contribution in [0.5, 0.6) is 5.75 Å². The van der Waals surface area contributed by atoms with E-state index in [9.17, 15) is 4.79 Å². The molecule has 0 saturated carbocycles. The summed E-state index contributed by atoms with van der Waals surface area (Å²) in [7, 11) is 3.78. The molecule has 1 saturated heterocycles. The van der Waals surface area contributed by atoms with Crippen molar-refractivity contribution in [1.29, 1.82) is 0 Å². The Balaban J connectivity index is 1.33. The number of rotatable bonds is 4. The monoisotopic (exact) mass is 380 g/mol. The molecule has 6 nitrogen and oxygen atoms in total. The SMILES string of the molecule is COc1ccc(CC(=O)N2CCC(c3ncc4c(n3)CCN(C)C4)CC2)cc1. The molecule has 0 radical (unpaired) electrons. The highest BCUT2D eigenvalue weighted by Crippen LogP contribution is 2.27. The van der Waals surface area contributed by atoms with Crippen LogP contribution in [0.2, 0.25) is 0 Å². The Morgan fingerprint density at radius 2 is 1.93 bits per heavy atom. The zero-order valence-electron chi connectivity index (χ0n) is 16.7. The Bertz CT molecular complexity index is 829. The number of benzene rings is 1. The van der Waals surface area contributed by atoms with Crippen LogP contribution in [0.3, 0.4) is 0 Å². The molecule has 2 aliphatic rings. The predicted octanol–water partition coefficient (Wildman–Crippen LogP) is 2.42. The van der Waals surface area contributed by atoms with Gasteiger partial charge in [-0.3, -0.25) is 4.79 Å². The van der Waals surface area contributed by atoms with Crippen LogP contribution in [-0.2, 0) is 24.2 Å². The zero-order valence-corrected chi connectivity index (χ0v) is 16.7. The van der Waals surface area contributed by atoms with Gasteiger partial charge in [-0.05, 0) is 37.6 Å². The summed E-state index contributed by atoms with van der Waals surface area (Å²) in [6.07, 6.45) is 5.33. The van der Waals surface area contributed by atoms with Gasteiger partial charge < -0.3 is 14.5 Å². The Hall–Kier alpha value is -2.47. The van der Waals surface area contributed by atoms with Crippen LogP contribution in [0, 0.1) is 0 Å². The summed E-state index contributed by atoms with van der Waals surface area (Å²) in [5.74, 6) is 2.33. The minimum atomic E-state index is 0.193. The zero-order chi connectivity index (χ0) is 19.5. The van der Waals surface area contributed by atoms with Crippen molar-refractivity contribution in [2.45, 2.75) is 38.1 Å². The summed E-state index contributed by atoms with van der Waals surface area (Å²) in [5, 5.41) is 0. The number of methoxy groups -OCH3 is 1. The first-order valence-electron chi connectivity index (χ1n) is 10.1. The first-order chi connectivity index (χ1) is 13.6. The van der Waals surface area contributed by atoms with Gasteiger partial charge in [0.05, 0.1) is 13.5 Å². The molecule has 0 N–H and O–H groups in total. The molecule has 28 heavy (non-hydrogen) atoms. The fraction of sp³-hybridized carbons (Fsp3) is 0.500. The van der Waals surface area contributed by atoms with Gasteiger partial charge in [0, 0.05) is 56.0 Å². The first-order valence-corrected chi connectivity index (χ1v) is 10.1. The predicted molar refractivity (Wildman–Crippen MR) is 107 cm³/mol. The molecule has 4 rings (SSSR count). The van der Waals surface area contributed by atoms with Gasteiger partial charge in [-0.15, -0.1) is 0 Å². The summed E-state index contributed by atoms with van der Waals surface area (Å²) < 4.78 is 5.17. The second-order valence-electron chi connectivity index (χ2n) is 7.87. The molecule has 1 amide bonds. The van der Waals surface area contributed by atoms with Crippen molar-refractivity contribution >= 4 is 5.91 Å². The molecule has 0 bridgehead atoms. The second-order valence-corrected chi connectivity index (χ2v) is 7.87. The highest BCUT2D eigenvalue weighted by Gasteiger charge is 2.26. The third-order valence-electron chi connectivity index (χ3n) is 5.87.